The minimum atomic E-state index is 1.02. The van der Waals surface area contributed by atoms with Crippen molar-refractivity contribution in [2.24, 2.45) is 0 Å². The highest BCUT2D eigenvalue weighted by atomic mass is 14.9. The van der Waals surface area contributed by atoms with Crippen LogP contribution in [0, 0.1) is 0 Å². The Morgan fingerprint density at radius 1 is 0.457 bits per heavy atom. The summed E-state index contributed by atoms with van der Waals surface area (Å²) in [6, 6.07) is 36.5. The number of hydrogen-bond donors (Lipinski definition) is 0. The number of nitrogens with zero attached hydrogens (tertiary/aromatic N) is 1. The number of hydrogen-bond acceptors (Lipinski definition) is 0. The van der Waals surface area contributed by atoms with E-state index in [9.17, 15) is 0 Å². The molecule has 2 aliphatic carbocycles. The average molecular weight is 444 g/mol. The lowest BCUT2D eigenvalue weighted by Gasteiger charge is -2.14. The van der Waals surface area contributed by atoms with Crippen molar-refractivity contribution >= 4 is 38.0 Å². The minimum absolute atomic E-state index is 1.02. The molecule has 162 valence electrons. The summed E-state index contributed by atoms with van der Waals surface area (Å²) in [5.41, 5.74) is 14.0. The van der Waals surface area contributed by atoms with E-state index in [0.29, 0.717) is 0 Å². The first kappa shape index (κ1) is 18.0. The topological polar surface area (TPSA) is 4.41 Å². The summed E-state index contributed by atoms with van der Waals surface area (Å²) >= 11 is 0. The van der Waals surface area contributed by atoms with Crippen LogP contribution in [-0.4, -0.2) is 4.40 Å². The van der Waals surface area contributed by atoms with E-state index >= 15 is 0 Å². The standard InChI is InChI=1S/C34H21N/c1-4-10-25-20(7-1)14-24-16-32-30(17-28(24)25)31-15-23-13-21-8-2-5-11-26(21)29(23)18-33(31)35-19-22-9-3-6-12-27(22)34(32)35/h1-12,15-19H,13-14H2. The highest BCUT2D eigenvalue weighted by molar-refractivity contribution is 6.21. The minimum Gasteiger partial charge on any atom is -0.315 e. The lowest BCUT2D eigenvalue weighted by Crippen LogP contribution is -1.93. The molecule has 0 unspecified atom stereocenters. The van der Waals surface area contributed by atoms with Gasteiger partial charge in [-0.15, -0.1) is 0 Å². The first-order chi connectivity index (χ1) is 17.3. The first-order valence-electron chi connectivity index (χ1n) is 12.4. The summed E-state index contributed by atoms with van der Waals surface area (Å²) < 4.78 is 2.46. The van der Waals surface area contributed by atoms with Gasteiger partial charge < -0.3 is 4.40 Å². The van der Waals surface area contributed by atoms with Gasteiger partial charge in [-0.25, -0.2) is 0 Å². The Bertz CT molecular complexity index is 2050. The molecule has 0 saturated heterocycles. The molecular formula is C34H21N. The third-order valence-electron chi connectivity index (χ3n) is 8.37. The van der Waals surface area contributed by atoms with E-state index < -0.39 is 0 Å². The van der Waals surface area contributed by atoms with Gasteiger partial charge in [0.2, 0.25) is 0 Å². The Morgan fingerprint density at radius 3 is 1.86 bits per heavy atom. The van der Waals surface area contributed by atoms with Crippen LogP contribution in [-0.2, 0) is 12.8 Å². The molecule has 9 rings (SSSR count). The van der Waals surface area contributed by atoms with Gasteiger partial charge in [0.1, 0.15) is 0 Å². The Balaban J connectivity index is 1.50. The molecule has 0 N–H and O–H groups in total. The second-order valence-electron chi connectivity index (χ2n) is 10.2. The number of benzene rings is 5. The van der Waals surface area contributed by atoms with Crippen molar-refractivity contribution in [2.45, 2.75) is 12.8 Å². The van der Waals surface area contributed by atoms with Gasteiger partial charge in [0.15, 0.2) is 0 Å². The third kappa shape index (κ3) is 2.24. The van der Waals surface area contributed by atoms with Gasteiger partial charge in [0.25, 0.3) is 0 Å². The van der Waals surface area contributed by atoms with Gasteiger partial charge in [0.05, 0.1) is 11.0 Å². The van der Waals surface area contributed by atoms with Crippen molar-refractivity contribution in [2.75, 3.05) is 0 Å². The van der Waals surface area contributed by atoms with Crippen LogP contribution < -0.4 is 0 Å². The number of fused-ring (bicyclic) bond motifs is 14. The Kier molecular flexibility index (Phi) is 3.19. The fourth-order valence-electron chi connectivity index (χ4n) is 6.81. The zero-order chi connectivity index (χ0) is 22.7. The Morgan fingerprint density at radius 2 is 1.09 bits per heavy atom. The number of rotatable bonds is 0. The maximum absolute atomic E-state index is 2.48. The summed E-state index contributed by atoms with van der Waals surface area (Å²) in [6.07, 6.45) is 4.37. The summed E-state index contributed by atoms with van der Waals surface area (Å²) in [4.78, 5) is 0. The molecule has 0 saturated carbocycles. The van der Waals surface area contributed by atoms with Gasteiger partial charge in [-0.05, 0) is 87.0 Å². The largest absolute Gasteiger partial charge is 0.315 e. The SMILES string of the molecule is c1ccc2c(c1)Cc1cc3c(cc1-2)c1cc2c(cc1n1cc4ccccc4c31)-c1ccccc1C2. The van der Waals surface area contributed by atoms with Gasteiger partial charge in [-0.2, -0.15) is 0 Å². The monoisotopic (exact) mass is 443 g/mol. The molecule has 0 amide bonds. The van der Waals surface area contributed by atoms with Crippen molar-refractivity contribution in [3.63, 3.8) is 0 Å². The van der Waals surface area contributed by atoms with Crippen LogP contribution in [0.1, 0.15) is 22.3 Å². The van der Waals surface area contributed by atoms with Crippen LogP contribution in [0.3, 0.4) is 0 Å². The van der Waals surface area contributed by atoms with Crippen molar-refractivity contribution in [1.82, 2.24) is 4.40 Å². The molecule has 1 nitrogen and oxygen atoms in total. The molecule has 0 radical (unpaired) electrons. The molecule has 0 bridgehead atoms. The fraction of sp³-hybridized carbons (Fsp3) is 0.0588. The van der Waals surface area contributed by atoms with Crippen molar-refractivity contribution in [1.29, 1.82) is 0 Å². The van der Waals surface area contributed by atoms with E-state index in [4.69, 9.17) is 0 Å². The normalized spacial score (nSPS) is 13.5. The van der Waals surface area contributed by atoms with Crippen LogP contribution in [0.25, 0.3) is 60.2 Å². The fourth-order valence-corrected chi connectivity index (χ4v) is 6.81. The second-order valence-corrected chi connectivity index (χ2v) is 10.2. The van der Waals surface area contributed by atoms with Gasteiger partial charge in [-0.1, -0.05) is 72.8 Å². The van der Waals surface area contributed by atoms with E-state index in [2.05, 4.69) is 108 Å². The van der Waals surface area contributed by atoms with Gasteiger partial charge >= 0.3 is 0 Å². The maximum atomic E-state index is 2.48. The zero-order valence-corrected chi connectivity index (χ0v) is 19.2. The highest BCUT2D eigenvalue weighted by Gasteiger charge is 2.24. The van der Waals surface area contributed by atoms with Crippen LogP contribution in [0.5, 0.6) is 0 Å². The lowest BCUT2D eigenvalue weighted by molar-refractivity contribution is 1.25. The molecule has 0 fully saturated rings. The Hall–Kier alpha value is -4.36. The van der Waals surface area contributed by atoms with Gasteiger partial charge in [0, 0.05) is 27.7 Å². The van der Waals surface area contributed by atoms with Crippen LogP contribution in [0.2, 0.25) is 0 Å². The molecule has 0 aliphatic heterocycles. The highest BCUT2D eigenvalue weighted by Crippen LogP contribution is 2.45. The lowest BCUT2D eigenvalue weighted by atomic mass is 9.95. The molecule has 0 atom stereocenters. The van der Waals surface area contributed by atoms with E-state index in [1.807, 2.05) is 0 Å². The molecule has 5 aromatic carbocycles. The third-order valence-corrected chi connectivity index (χ3v) is 8.37. The molecule has 7 aromatic rings. The quantitative estimate of drug-likeness (QED) is 0.207. The maximum Gasteiger partial charge on any atom is 0.0613 e. The van der Waals surface area contributed by atoms with Crippen LogP contribution in [0.15, 0.2) is 103 Å². The van der Waals surface area contributed by atoms with Crippen molar-refractivity contribution < 1.29 is 0 Å². The van der Waals surface area contributed by atoms with E-state index in [1.54, 1.807) is 0 Å². The zero-order valence-electron chi connectivity index (χ0n) is 19.2. The molecule has 2 aliphatic rings. The summed E-state index contributed by atoms with van der Waals surface area (Å²) in [5, 5.41) is 6.71. The molecule has 2 aromatic heterocycles. The predicted molar refractivity (Wildman–Crippen MR) is 146 cm³/mol. The van der Waals surface area contributed by atoms with Gasteiger partial charge in [-0.3, -0.25) is 0 Å². The molecular weight excluding hydrogens is 422 g/mol. The number of aromatic nitrogens is 1. The number of pyridine rings is 1. The summed E-state index contributed by atoms with van der Waals surface area (Å²) in [6.45, 7) is 0. The van der Waals surface area contributed by atoms with Crippen LogP contribution >= 0.6 is 0 Å². The molecule has 2 heterocycles. The molecule has 0 spiro atoms. The first-order valence-corrected chi connectivity index (χ1v) is 12.4. The smallest absolute Gasteiger partial charge is 0.0613 e. The molecule has 35 heavy (non-hydrogen) atoms. The molecule has 1 heteroatoms. The Labute approximate surface area is 202 Å². The second kappa shape index (κ2) is 6.20. The summed E-state index contributed by atoms with van der Waals surface area (Å²) in [7, 11) is 0. The van der Waals surface area contributed by atoms with Crippen molar-refractivity contribution in [3.05, 3.63) is 126 Å². The predicted octanol–water partition coefficient (Wildman–Crippen LogP) is 8.54. The van der Waals surface area contributed by atoms with E-state index in [0.717, 1.165) is 12.8 Å². The van der Waals surface area contributed by atoms with Crippen LogP contribution in [0.4, 0.5) is 0 Å². The van der Waals surface area contributed by atoms with E-state index in [-0.39, 0.29) is 0 Å². The average Bonchev–Trinajstić information content (AvgIpc) is 3.57. The summed E-state index contributed by atoms with van der Waals surface area (Å²) in [5.74, 6) is 0. The van der Waals surface area contributed by atoms with Crippen molar-refractivity contribution in [3.8, 4) is 22.3 Å². The van der Waals surface area contributed by atoms with E-state index in [1.165, 1.54) is 82.5 Å².